The third-order valence-electron chi connectivity index (χ3n) is 3.30. The normalized spacial score (nSPS) is 10.6. The lowest BCUT2D eigenvalue weighted by Gasteiger charge is -2.23. The van der Waals surface area contributed by atoms with Gasteiger partial charge in [-0.2, -0.15) is 0 Å². The largest absolute Gasteiger partial charge is 0.496 e. The molecule has 0 atom stereocenters. The van der Waals surface area contributed by atoms with Gasteiger partial charge < -0.3 is 25.0 Å². The second kappa shape index (κ2) is 13.7. The Morgan fingerprint density at radius 1 is 1.24 bits per heavy atom. The number of rotatable bonds is 9. The molecule has 7 nitrogen and oxygen atoms in total. The van der Waals surface area contributed by atoms with E-state index in [1.807, 2.05) is 43.1 Å². The van der Waals surface area contributed by atoms with Crippen molar-refractivity contribution >= 4 is 35.8 Å². The molecule has 1 amide bonds. The van der Waals surface area contributed by atoms with E-state index in [-0.39, 0.29) is 36.4 Å². The van der Waals surface area contributed by atoms with Crippen LogP contribution in [0.25, 0.3) is 0 Å². The van der Waals surface area contributed by atoms with E-state index in [0.29, 0.717) is 25.7 Å². The number of aliphatic imine (C=N–C) groups is 1. The van der Waals surface area contributed by atoms with E-state index < -0.39 is 0 Å². The summed E-state index contributed by atoms with van der Waals surface area (Å²) in [5.41, 5.74) is 1.05. The molecule has 1 aromatic carbocycles. The number of benzene rings is 1. The molecule has 1 aromatic rings. The number of hydrogen-bond acceptors (Lipinski definition) is 4. The van der Waals surface area contributed by atoms with E-state index in [2.05, 4.69) is 15.6 Å². The molecule has 0 aliphatic rings. The summed E-state index contributed by atoms with van der Waals surface area (Å²) in [5, 5.41) is 5.94. The van der Waals surface area contributed by atoms with Crippen molar-refractivity contribution in [2.75, 3.05) is 47.5 Å². The Bertz CT molecular complexity index is 540. The number of carbonyl (C=O) groups excluding carboxylic acids is 1. The van der Waals surface area contributed by atoms with Gasteiger partial charge in [-0.1, -0.05) is 18.2 Å². The van der Waals surface area contributed by atoms with Crippen LogP contribution in [0.1, 0.15) is 12.5 Å². The lowest BCUT2D eigenvalue weighted by molar-refractivity contribution is -0.119. The van der Waals surface area contributed by atoms with Crippen LogP contribution in [0.2, 0.25) is 0 Å². The fourth-order valence-electron chi connectivity index (χ4n) is 2.13. The molecular formula is C17H29IN4O3. The molecule has 0 saturated heterocycles. The monoisotopic (exact) mass is 464 g/mol. The van der Waals surface area contributed by atoms with Crippen LogP contribution in [0.3, 0.4) is 0 Å². The second-order valence-electron chi connectivity index (χ2n) is 5.18. The van der Waals surface area contributed by atoms with Gasteiger partial charge in [0.2, 0.25) is 5.91 Å². The van der Waals surface area contributed by atoms with Crippen LogP contribution in [-0.2, 0) is 16.1 Å². The first kappa shape index (κ1) is 23.4. The van der Waals surface area contributed by atoms with Crippen LogP contribution in [-0.4, -0.2) is 64.3 Å². The van der Waals surface area contributed by atoms with Gasteiger partial charge in [0.15, 0.2) is 5.96 Å². The number of nitrogens with zero attached hydrogens (tertiary/aromatic N) is 2. The number of guanidine groups is 1. The van der Waals surface area contributed by atoms with E-state index in [1.165, 1.54) is 0 Å². The molecule has 0 bridgehead atoms. The van der Waals surface area contributed by atoms with Gasteiger partial charge in [0.05, 0.1) is 13.7 Å². The zero-order chi connectivity index (χ0) is 17.8. The lowest BCUT2D eigenvalue weighted by Crippen LogP contribution is -2.39. The molecule has 25 heavy (non-hydrogen) atoms. The number of nitrogens with one attached hydrogen (secondary N) is 2. The molecule has 0 saturated carbocycles. The van der Waals surface area contributed by atoms with E-state index in [4.69, 9.17) is 9.47 Å². The molecule has 0 aliphatic heterocycles. The summed E-state index contributed by atoms with van der Waals surface area (Å²) in [6.45, 7) is 4.39. The molecule has 2 N–H and O–H groups in total. The Kier molecular flexibility index (Phi) is 12.9. The molecule has 142 valence electrons. The first-order valence-electron chi connectivity index (χ1n) is 7.99. The quantitative estimate of drug-likeness (QED) is 0.251. The predicted octanol–water partition coefficient (Wildman–Crippen LogP) is 1.47. The van der Waals surface area contributed by atoms with Gasteiger partial charge in [-0.15, -0.1) is 24.0 Å². The minimum absolute atomic E-state index is 0. The molecule has 0 aromatic heterocycles. The number of para-hydroxylation sites is 1. The molecule has 1 rings (SSSR count). The summed E-state index contributed by atoms with van der Waals surface area (Å²) in [6, 6.07) is 7.85. The van der Waals surface area contributed by atoms with Crippen LogP contribution in [0.4, 0.5) is 0 Å². The van der Waals surface area contributed by atoms with Gasteiger partial charge >= 0.3 is 0 Å². The topological polar surface area (TPSA) is 75.2 Å². The highest BCUT2D eigenvalue weighted by atomic mass is 127. The van der Waals surface area contributed by atoms with Crippen molar-refractivity contribution in [3.63, 3.8) is 0 Å². The van der Waals surface area contributed by atoms with Gasteiger partial charge in [-0.05, 0) is 13.0 Å². The summed E-state index contributed by atoms with van der Waals surface area (Å²) in [4.78, 5) is 18.1. The minimum Gasteiger partial charge on any atom is -0.496 e. The third-order valence-corrected chi connectivity index (χ3v) is 3.30. The van der Waals surface area contributed by atoms with Crippen LogP contribution in [0, 0.1) is 0 Å². The van der Waals surface area contributed by atoms with Crippen LogP contribution >= 0.6 is 24.0 Å². The summed E-state index contributed by atoms with van der Waals surface area (Å²) < 4.78 is 10.3. The zero-order valence-electron chi connectivity index (χ0n) is 15.4. The SMILES string of the molecule is CCNC(=NCC(=O)NCCOC)N(C)Cc1ccccc1OC.I. The maximum absolute atomic E-state index is 11.8. The standard InChI is InChI=1S/C17H28N4O3.HI/c1-5-18-17(20-12-16(22)19-10-11-23-3)21(2)13-14-8-6-7-9-15(14)24-4;/h6-9H,5,10-13H2,1-4H3,(H,18,20)(H,19,22);1H. The van der Waals surface area contributed by atoms with Gasteiger partial charge in [-0.25, -0.2) is 4.99 Å². The Balaban J connectivity index is 0.00000576. The summed E-state index contributed by atoms with van der Waals surface area (Å²) in [5.74, 6) is 1.37. The Morgan fingerprint density at radius 3 is 2.60 bits per heavy atom. The van der Waals surface area contributed by atoms with Crippen molar-refractivity contribution in [1.82, 2.24) is 15.5 Å². The molecular weight excluding hydrogens is 435 g/mol. The zero-order valence-corrected chi connectivity index (χ0v) is 17.7. The average Bonchev–Trinajstić information content (AvgIpc) is 2.59. The fourth-order valence-corrected chi connectivity index (χ4v) is 2.13. The predicted molar refractivity (Wildman–Crippen MR) is 111 cm³/mol. The van der Waals surface area contributed by atoms with Crippen molar-refractivity contribution in [1.29, 1.82) is 0 Å². The van der Waals surface area contributed by atoms with Crippen molar-refractivity contribution in [3.05, 3.63) is 29.8 Å². The van der Waals surface area contributed by atoms with E-state index >= 15 is 0 Å². The Morgan fingerprint density at radius 2 is 1.96 bits per heavy atom. The summed E-state index contributed by atoms with van der Waals surface area (Å²) in [6.07, 6.45) is 0. The highest BCUT2D eigenvalue weighted by molar-refractivity contribution is 14.0. The highest BCUT2D eigenvalue weighted by Crippen LogP contribution is 2.18. The van der Waals surface area contributed by atoms with Gasteiger partial charge in [0, 0.05) is 39.4 Å². The second-order valence-corrected chi connectivity index (χ2v) is 5.18. The number of carbonyl (C=O) groups is 1. The third kappa shape index (κ3) is 8.92. The maximum atomic E-state index is 11.8. The van der Waals surface area contributed by atoms with E-state index in [1.54, 1.807) is 14.2 Å². The molecule has 8 heteroatoms. The van der Waals surface area contributed by atoms with Crippen molar-refractivity contribution in [3.8, 4) is 5.75 Å². The molecule has 0 unspecified atom stereocenters. The fraction of sp³-hybridized carbons (Fsp3) is 0.529. The van der Waals surface area contributed by atoms with E-state index in [0.717, 1.165) is 17.9 Å². The number of amides is 1. The first-order chi connectivity index (χ1) is 11.6. The van der Waals surface area contributed by atoms with Crippen molar-refractivity contribution in [2.45, 2.75) is 13.5 Å². The first-order valence-corrected chi connectivity index (χ1v) is 7.99. The van der Waals surface area contributed by atoms with E-state index in [9.17, 15) is 4.79 Å². The summed E-state index contributed by atoms with van der Waals surface area (Å²) >= 11 is 0. The average molecular weight is 464 g/mol. The van der Waals surface area contributed by atoms with Crippen molar-refractivity contribution in [2.24, 2.45) is 4.99 Å². The smallest absolute Gasteiger partial charge is 0.241 e. The molecule has 0 radical (unpaired) electrons. The number of methoxy groups -OCH3 is 2. The van der Waals surface area contributed by atoms with Crippen LogP contribution in [0.15, 0.2) is 29.3 Å². The Labute approximate surface area is 167 Å². The minimum atomic E-state index is -0.131. The molecule has 0 fully saturated rings. The molecule has 0 aliphatic carbocycles. The molecule has 0 spiro atoms. The number of hydrogen-bond donors (Lipinski definition) is 2. The maximum Gasteiger partial charge on any atom is 0.241 e. The van der Waals surface area contributed by atoms with Gasteiger partial charge in [0.1, 0.15) is 12.3 Å². The molecule has 0 heterocycles. The Hall–Kier alpha value is -1.55. The highest BCUT2D eigenvalue weighted by Gasteiger charge is 2.10. The van der Waals surface area contributed by atoms with Gasteiger partial charge in [-0.3, -0.25) is 4.79 Å². The van der Waals surface area contributed by atoms with Gasteiger partial charge in [0.25, 0.3) is 0 Å². The summed E-state index contributed by atoms with van der Waals surface area (Å²) in [7, 11) is 5.18. The lowest BCUT2D eigenvalue weighted by atomic mass is 10.2. The number of ether oxygens (including phenoxy) is 2. The van der Waals surface area contributed by atoms with Crippen LogP contribution in [0.5, 0.6) is 5.75 Å². The van der Waals surface area contributed by atoms with Crippen LogP contribution < -0.4 is 15.4 Å². The van der Waals surface area contributed by atoms with Crippen molar-refractivity contribution < 1.29 is 14.3 Å². The number of halogens is 1.